The van der Waals surface area contributed by atoms with Crippen molar-refractivity contribution in [1.82, 2.24) is 14.7 Å². The highest BCUT2D eigenvalue weighted by Gasteiger charge is 2.15. The molecule has 0 aliphatic heterocycles. The number of furan rings is 1. The van der Waals surface area contributed by atoms with Crippen molar-refractivity contribution in [2.24, 2.45) is 0 Å². The van der Waals surface area contributed by atoms with Gasteiger partial charge in [-0.15, -0.1) is 5.10 Å². The van der Waals surface area contributed by atoms with Crippen LogP contribution >= 0.6 is 0 Å². The van der Waals surface area contributed by atoms with Crippen LogP contribution in [0.25, 0.3) is 11.7 Å². The lowest BCUT2D eigenvalue weighted by Crippen LogP contribution is -2.26. The molecule has 0 unspecified atom stereocenters. The molecule has 0 atom stereocenters. The maximum atomic E-state index is 12.2. The third-order valence-electron chi connectivity index (χ3n) is 3.43. The summed E-state index contributed by atoms with van der Waals surface area (Å²) in [6.07, 6.45) is 1.42. The monoisotopic (exact) mass is 356 g/mol. The van der Waals surface area contributed by atoms with E-state index in [9.17, 15) is 14.4 Å². The molecule has 2 heterocycles. The van der Waals surface area contributed by atoms with E-state index in [2.05, 4.69) is 10.4 Å². The number of nitrogens with one attached hydrogen (secondary N) is 1. The fourth-order valence-electron chi connectivity index (χ4n) is 2.23. The molecule has 0 bridgehead atoms. The van der Waals surface area contributed by atoms with Crippen molar-refractivity contribution in [3.63, 3.8) is 0 Å². The zero-order valence-electron chi connectivity index (χ0n) is 14.1. The summed E-state index contributed by atoms with van der Waals surface area (Å²) >= 11 is 0. The lowest BCUT2D eigenvalue weighted by Gasteiger charge is -2.11. The van der Waals surface area contributed by atoms with Gasteiger partial charge in [-0.3, -0.25) is 9.59 Å². The van der Waals surface area contributed by atoms with Crippen LogP contribution in [0.3, 0.4) is 0 Å². The molecule has 9 heteroatoms. The Morgan fingerprint density at radius 3 is 2.73 bits per heavy atom. The van der Waals surface area contributed by atoms with Gasteiger partial charge in [0.1, 0.15) is 6.54 Å². The quantitative estimate of drug-likeness (QED) is 0.740. The van der Waals surface area contributed by atoms with Gasteiger partial charge in [0.05, 0.1) is 6.26 Å². The Morgan fingerprint density at radius 1 is 1.23 bits per heavy atom. The number of carbonyl (C=O) groups excluding carboxylic acids is 2. The minimum Gasteiger partial charge on any atom is -0.459 e. The van der Waals surface area contributed by atoms with Gasteiger partial charge in [0.25, 0.3) is 11.8 Å². The fourth-order valence-corrected chi connectivity index (χ4v) is 2.23. The zero-order valence-corrected chi connectivity index (χ0v) is 14.1. The Hall–Kier alpha value is -3.62. The highest BCUT2D eigenvalue weighted by atomic mass is 16.4. The molecule has 1 aromatic carbocycles. The van der Waals surface area contributed by atoms with Gasteiger partial charge in [0.2, 0.25) is 5.91 Å². The van der Waals surface area contributed by atoms with E-state index in [1.165, 1.54) is 11.2 Å². The smallest absolute Gasteiger partial charge is 0.437 e. The third kappa shape index (κ3) is 3.72. The number of anilines is 1. The van der Waals surface area contributed by atoms with Gasteiger partial charge in [0, 0.05) is 25.3 Å². The molecule has 3 rings (SSSR count). The van der Waals surface area contributed by atoms with Gasteiger partial charge >= 0.3 is 5.76 Å². The predicted octanol–water partition coefficient (Wildman–Crippen LogP) is 1.44. The molecule has 26 heavy (non-hydrogen) atoms. The summed E-state index contributed by atoms with van der Waals surface area (Å²) < 4.78 is 10.9. The molecular formula is C17H16N4O5. The fraction of sp³-hybridized carbons (Fsp3) is 0.176. The van der Waals surface area contributed by atoms with Crippen LogP contribution in [0.15, 0.2) is 56.3 Å². The average Bonchev–Trinajstić information content (AvgIpc) is 3.24. The van der Waals surface area contributed by atoms with Gasteiger partial charge in [0.15, 0.2) is 5.76 Å². The average molecular weight is 356 g/mol. The number of hydrogen-bond acceptors (Lipinski definition) is 6. The summed E-state index contributed by atoms with van der Waals surface area (Å²) in [4.78, 5) is 37.4. The molecule has 0 fully saturated rings. The summed E-state index contributed by atoms with van der Waals surface area (Å²) in [5, 5.41) is 6.55. The Balaban J connectivity index is 1.71. The van der Waals surface area contributed by atoms with Crippen molar-refractivity contribution in [3.8, 4) is 11.7 Å². The normalized spacial score (nSPS) is 10.5. The number of aromatic nitrogens is 2. The van der Waals surface area contributed by atoms with Crippen LogP contribution in [0, 0.1) is 0 Å². The Kier molecular flexibility index (Phi) is 4.70. The van der Waals surface area contributed by atoms with Gasteiger partial charge in [-0.25, -0.2) is 4.79 Å². The van der Waals surface area contributed by atoms with E-state index in [1.54, 1.807) is 50.5 Å². The number of hydrogen-bond donors (Lipinski definition) is 1. The first kappa shape index (κ1) is 17.2. The van der Waals surface area contributed by atoms with Crippen LogP contribution in [0.4, 0.5) is 5.69 Å². The molecule has 134 valence electrons. The second-order valence-corrected chi connectivity index (χ2v) is 5.64. The van der Waals surface area contributed by atoms with Crippen LogP contribution in [-0.2, 0) is 11.3 Å². The number of benzene rings is 1. The molecule has 3 aromatic rings. The zero-order chi connectivity index (χ0) is 18.7. The van der Waals surface area contributed by atoms with E-state index in [1.807, 2.05) is 0 Å². The molecule has 0 aliphatic carbocycles. The molecular weight excluding hydrogens is 340 g/mol. The van der Waals surface area contributed by atoms with E-state index < -0.39 is 11.7 Å². The van der Waals surface area contributed by atoms with Crippen molar-refractivity contribution in [3.05, 3.63) is 58.8 Å². The molecule has 2 amide bonds. The van der Waals surface area contributed by atoms with E-state index in [0.717, 1.165) is 4.68 Å². The maximum Gasteiger partial charge on any atom is 0.437 e. The highest BCUT2D eigenvalue weighted by molar-refractivity contribution is 5.96. The Bertz CT molecular complexity index is 985. The number of carbonyl (C=O) groups is 2. The lowest BCUT2D eigenvalue weighted by molar-refractivity contribution is -0.117. The first-order valence-electron chi connectivity index (χ1n) is 7.67. The summed E-state index contributed by atoms with van der Waals surface area (Å²) in [7, 11) is 3.28. The minimum atomic E-state index is -0.775. The predicted molar refractivity (Wildman–Crippen MR) is 91.6 cm³/mol. The molecule has 2 aromatic heterocycles. The standard InChI is InChI=1S/C17H16N4O5/c1-20(2)16(23)11-5-3-6-12(9-11)18-14(22)10-21-17(24)26-15(19-21)13-7-4-8-25-13/h3-9H,10H2,1-2H3,(H,18,22). The number of nitrogens with zero attached hydrogens (tertiary/aromatic N) is 3. The van der Waals surface area contributed by atoms with Gasteiger partial charge in [-0.1, -0.05) is 6.07 Å². The molecule has 1 N–H and O–H groups in total. The van der Waals surface area contributed by atoms with Gasteiger partial charge in [-0.2, -0.15) is 4.68 Å². The van der Waals surface area contributed by atoms with Crippen LogP contribution in [0.1, 0.15) is 10.4 Å². The third-order valence-corrected chi connectivity index (χ3v) is 3.43. The topological polar surface area (TPSA) is 111 Å². The second-order valence-electron chi connectivity index (χ2n) is 5.64. The van der Waals surface area contributed by atoms with Crippen molar-refractivity contribution in [1.29, 1.82) is 0 Å². The van der Waals surface area contributed by atoms with E-state index in [0.29, 0.717) is 11.3 Å². The van der Waals surface area contributed by atoms with Crippen molar-refractivity contribution >= 4 is 17.5 Å². The first-order valence-corrected chi connectivity index (χ1v) is 7.67. The largest absolute Gasteiger partial charge is 0.459 e. The maximum absolute atomic E-state index is 12.2. The minimum absolute atomic E-state index is 0.00798. The summed E-state index contributed by atoms with van der Waals surface area (Å²) in [5.74, 6) is -1.16. The molecule has 0 saturated heterocycles. The first-order chi connectivity index (χ1) is 12.4. The van der Waals surface area contributed by atoms with Crippen LogP contribution in [0.5, 0.6) is 0 Å². The second kappa shape index (κ2) is 7.09. The molecule has 0 aliphatic rings. The van der Waals surface area contributed by atoms with Crippen molar-refractivity contribution in [2.75, 3.05) is 19.4 Å². The van der Waals surface area contributed by atoms with E-state index >= 15 is 0 Å². The molecule has 0 spiro atoms. The molecule has 9 nitrogen and oxygen atoms in total. The SMILES string of the molecule is CN(C)C(=O)c1cccc(NC(=O)Cn2nc(-c3ccco3)oc2=O)c1. The van der Waals surface area contributed by atoms with Crippen molar-refractivity contribution in [2.45, 2.75) is 6.54 Å². The highest BCUT2D eigenvalue weighted by Crippen LogP contribution is 2.15. The van der Waals surface area contributed by atoms with Crippen LogP contribution in [0.2, 0.25) is 0 Å². The van der Waals surface area contributed by atoms with Crippen LogP contribution in [-0.4, -0.2) is 40.6 Å². The molecule has 0 saturated carbocycles. The molecule has 0 radical (unpaired) electrons. The van der Waals surface area contributed by atoms with Crippen molar-refractivity contribution < 1.29 is 18.4 Å². The summed E-state index contributed by atoms with van der Waals surface area (Å²) in [5.41, 5.74) is 0.872. The Labute approximate surface area is 147 Å². The summed E-state index contributed by atoms with van der Waals surface area (Å²) in [6.45, 7) is -0.338. The van der Waals surface area contributed by atoms with Gasteiger partial charge in [-0.05, 0) is 30.3 Å². The van der Waals surface area contributed by atoms with E-state index in [4.69, 9.17) is 8.83 Å². The lowest BCUT2D eigenvalue weighted by atomic mass is 10.2. The summed E-state index contributed by atoms with van der Waals surface area (Å²) in [6, 6.07) is 9.72. The van der Waals surface area contributed by atoms with E-state index in [-0.39, 0.29) is 24.1 Å². The number of rotatable bonds is 5. The Morgan fingerprint density at radius 2 is 2.04 bits per heavy atom. The van der Waals surface area contributed by atoms with Gasteiger partial charge < -0.3 is 19.1 Å². The number of amides is 2. The van der Waals surface area contributed by atoms with Crippen LogP contribution < -0.4 is 11.1 Å².